The topological polar surface area (TPSA) is 86.7 Å². The Bertz CT molecular complexity index is 1590. The summed E-state index contributed by atoms with van der Waals surface area (Å²) in [5, 5.41) is 11.9. The molecule has 48 heavy (non-hydrogen) atoms. The Kier molecular flexibility index (Phi) is 12.5. The van der Waals surface area contributed by atoms with E-state index >= 15 is 0 Å². The van der Waals surface area contributed by atoms with Crippen molar-refractivity contribution >= 4 is 24.9 Å². The number of carboxylic acid groups (broad SMARTS) is 1. The molecule has 1 aliphatic rings. The van der Waals surface area contributed by atoms with Crippen LogP contribution >= 0.6 is 0 Å². The van der Waals surface area contributed by atoms with E-state index in [0.717, 1.165) is 45.4 Å². The van der Waals surface area contributed by atoms with Crippen molar-refractivity contribution in [3.05, 3.63) is 108 Å². The molecule has 0 aromatic heterocycles. The van der Waals surface area contributed by atoms with Gasteiger partial charge in [-0.3, -0.25) is 0 Å². The van der Waals surface area contributed by atoms with Crippen molar-refractivity contribution in [2.24, 2.45) is 0 Å². The maximum atomic E-state index is 11.8. The lowest BCUT2D eigenvalue weighted by Crippen LogP contribution is -2.46. The minimum Gasteiger partial charge on any atom is -0.494 e. The predicted molar refractivity (Wildman–Crippen MR) is 192 cm³/mol. The Morgan fingerprint density at radius 2 is 1.58 bits per heavy atom. The van der Waals surface area contributed by atoms with Crippen molar-refractivity contribution < 1.29 is 33.6 Å². The van der Waals surface area contributed by atoms with Crippen molar-refractivity contribution in [1.29, 1.82) is 0 Å². The number of fused-ring (bicyclic) bond motifs is 1. The Balaban J connectivity index is 1.13. The Morgan fingerprint density at radius 1 is 0.854 bits per heavy atom. The number of nitrogens with zero attached hydrogens (tertiary/aromatic N) is 1. The molecular weight excluding hydrogens is 623 g/mol. The molecule has 4 aromatic rings. The maximum Gasteiger partial charge on any atom is 0.407 e. The van der Waals surface area contributed by atoms with Gasteiger partial charge in [-0.1, -0.05) is 80.3 Å². The van der Waals surface area contributed by atoms with Gasteiger partial charge < -0.3 is 33.7 Å². The highest BCUT2D eigenvalue weighted by atomic mass is 28.3. The summed E-state index contributed by atoms with van der Waals surface area (Å²) in [7, 11) is -1.38. The van der Waals surface area contributed by atoms with E-state index in [4.69, 9.17) is 23.7 Å². The average molecular weight is 672 g/mol. The van der Waals surface area contributed by atoms with Crippen molar-refractivity contribution in [1.82, 2.24) is 4.90 Å². The highest BCUT2D eigenvalue weighted by molar-refractivity contribution is 6.77. The van der Waals surface area contributed by atoms with Crippen LogP contribution in [0.1, 0.15) is 42.4 Å². The average Bonchev–Trinajstić information content (AvgIpc) is 3.09. The van der Waals surface area contributed by atoms with E-state index in [-0.39, 0.29) is 24.5 Å². The zero-order valence-corrected chi connectivity index (χ0v) is 29.6. The van der Waals surface area contributed by atoms with Crippen LogP contribution in [-0.4, -0.2) is 69.1 Å². The summed E-state index contributed by atoms with van der Waals surface area (Å²) in [4.78, 5) is 13.3. The lowest BCUT2D eigenvalue weighted by Gasteiger charge is -2.37. The molecule has 0 radical (unpaired) electrons. The van der Waals surface area contributed by atoms with Gasteiger partial charge in [0.05, 0.1) is 47.2 Å². The molecule has 1 N–H and O–H groups in total. The number of rotatable bonds is 16. The quantitative estimate of drug-likeness (QED) is 0.0726. The van der Waals surface area contributed by atoms with Crippen molar-refractivity contribution in [3.63, 3.8) is 0 Å². The first kappa shape index (κ1) is 35.4. The van der Waals surface area contributed by atoms with Crippen LogP contribution < -0.4 is 9.47 Å². The molecule has 0 saturated carbocycles. The van der Waals surface area contributed by atoms with E-state index in [9.17, 15) is 9.90 Å². The highest BCUT2D eigenvalue weighted by Crippen LogP contribution is 2.33. The molecule has 1 aliphatic heterocycles. The monoisotopic (exact) mass is 671 g/mol. The lowest BCUT2D eigenvalue weighted by atomic mass is 9.87. The standard InChI is InChI=1S/C39H49NO7Si/c1-29(48(2,3)4)46-28-47-36-18-15-33-23-31(11-12-34(33)24-36)27-45-38-25-40(39(41)42)20-19-37(38)32-13-16-35(17-14-32)44-22-8-21-43-26-30-9-6-5-7-10-30/h5-7,9-18,23-24,29,37-38H,8,19-22,25-28H2,1-4H3,(H,41,42). The third kappa shape index (κ3) is 10.3. The van der Waals surface area contributed by atoms with Crippen molar-refractivity contribution in [3.8, 4) is 11.5 Å². The zero-order chi connectivity index (χ0) is 33.9. The molecule has 0 spiro atoms. The molecule has 1 fully saturated rings. The van der Waals surface area contributed by atoms with Gasteiger partial charge in [0.15, 0.2) is 6.79 Å². The smallest absolute Gasteiger partial charge is 0.407 e. The summed E-state index contributed by atoms with van der Waals surface area (Å²) < 4.78 is 30.0. The van der Waals surface area contributed by atoms with Gasteiger partial charge in [0.1, 0.15) is 11.5 Å². The van der Waals surface area contributed by atoms with E-state index in [1.165, 1.54) is 4.90 Å². The van der Waals surface area contributed by atoms with Crippen molar-refractivity contribution in [2.75, 3.05) is 33.1 Å². The Labute approximate surface area is 285 Å². The minimum absolute atomic E-state index is 0.0760. The summed E-state index contributed by atoms with van der Waals surface area (Å²) in [5.41, 5.74) is 3.53. The summed E-state index contributed by atoms with van der Waals surface area (Å²) in [6, 6.07) is 30.6. The van der Waals surface area contributed by atoms with Crippen LogP contribution in [0.15, 0.2) is 91.0 Å². The number of piperidine rings is 1. The van der Waals surface area contributed by atoms with Gasteiger partial charge in [-0.15, -0.1) is 0 Å². The van der Waals surface area contributed by atoms with Crippen LogP contribution in [-0.2, 0) is 27.4 Å². The molecular formula is C39H49NO7Si. The summed E-state index contributed by atoms with van der Waals surface area (Å²) in [6.07, 6.45) is 0.308. The number of amides is 1. The molecule has 3 atom stereocenters. The van der Waals surface area contributed by atoms with Gasteiger partial charge in [0.2, 0.25) is 0 Å². The third-order valence-electron chi connectivity index (χ3n) is 9.05. The molecule has 8 nitrogen and oxygen atoms in total. The highest BCUT2D eigenvalue weighted by Gasteiger charge is 2.33. The molecule has 256 valence electrons. The fraction of sp³-hybridized carbons (Fsp3) is 0.410. The molecule has 1 heterocycles. The molecule has 0 bridgehead atoms. The van der Waals surface area contributed by atoms with E-state index in [0.29, 0.717) is 45.9 Å². The summed E-state index contributed by atoms with van der Waals surface area (Å²) in [6.45, 7) is 12.2. The molecule has 1 saturated heterocycles. The first-order valence-electron chi connectivity index (χ1n) is 16.9. The molecule has 1 amide bonds. The van der Waals surface area contributed by atoms with E-state index in [2.05, 4.69) is 69.0 Å². The van der Waals surface area contributed by atoms with Crippen LogP contribution in [0.3, 0.4) is 0 Å². The molecule has 9 heteroatoms. The molecule has 3 unspecified atom stereocenters. The second-order valence-corrected chi connectivity index (χ2v) is 19.1. The first-order valence-corrected chi connectivity index (χ1v) is 20.4. The lowest BCUT2D eigenvalue weighted by molar-refractivity contribution is -0.0199. The van der Waals surface area contributed by atoms with Crippen LogP contribution in [0.25, 0.3) is 10.8 Å². The van der Waals surface area contributed by atoms with Crippen LogP contribution in [0.5, 0.6) is 11.5 Å². The number of benzene rings is 4. The molecule has 4 aromatic carbocycles. The summed E-state index contributed by atoms with van der Waals surface area (Å²) in [5.74, 6) is 1.66. The van der Waals surface area contributed by atoms with Gasteiger partial charge in [0.25, 0.3) is 0 Å². The predicted octanol–water partition coefficient (Wildman–Crippen LogP) is 8.50. The number of hydrogen-bond donors (Lipinski definition) is 1. The normalized spacial score (nSPS) is 17.3. The fourth-order valence-electron chi connectivity index (χ4n) is 5.68. The van der Waals surface area contributed by atoms with Crippen LogP contribution in [0.4, 0.5) is 4.79 Å². The zero-order valence-electron chi connectivity index (χ0n) is 28.6. The third-order valence-corrected chi connectivity index (χ3v) is 11.7. The van der Waals surface area contributed by atoms with Gasteiger partial charge in [0, 0.05) is 24.6 Å². The number of ether oxygens (including phenoxy) is 5. The Hall–Kier alpha value is -3.89. The summed E-state index contributed by atoms with van der Waals surface area (Å²) >= 11 is 0. The number of hydrogen-bond acceptors (Lipinski definition) is 6. The van der Waals surface area contributed by atoms with Crippen molar-refractivity contribution in [2.45, 2.75) is 70.4 Å². The van der Waals surface area contributed by atoms with Crippen LogP contribution in [0, 0.1) is 0 Å². The second kappa shape index (κ2) is 17.0. The second-order valence-electron chi connectivity index (χ2n) is 13.6. The maximum absolute atomic E-state index is 11.8. The molecule has 5 rings (SSSR count). The van der Waals surface area contributed by atoms with E-state index in [1.54, 1.807) is 0 Å². The largest absolute Gasteiger partial charge is 0.494 e. The number of carbonyl (C=O) groups is 1. The van der Waals surface area contributed by atoms with E-state index < -0.39 is 14.2 Å². The minimum atomic E-state index is -1.38. The number of likely N-dealkylation sites (tertiary alicyclic amines) is 1. The molecule has 0 aliphatic carbocycles. The fourth-order valence-corrected chi connectivity index (χ4v) is 6.25. The first-order chi connectivity index (χ1) is 23.2. The Morgan fingerprint density at radius 3 is 2.33 bits per heavy atom. The van der Waals surface area contributed by atoms with Gasteiger partial charge in [-0.05, 0) is 71.1 Å². The van der Waals surface area contributed by atoms with Gasteiger partial charge in [-0.2, -0.15) is 0 Å². The van der Waals surface area contributed by atoms with E-state index in [1.807, 2.05) is 48.5 Å². The SMILES string of the molecule is CC(OCOc1ccc2cc(COC3CN(C(=O)O)CCC3c3ccc(OCCCOCc4ccccc4)cc3)ccc2c1)[Si](C)(C)C. The van der Waals surface area contributed by atoms with Crippen LogP contribution in [0.2, 0.25) is 19.6 Å². The van der Waals surface area contributed by atoms with Gasteiger partial charge >= 0.3 is 6.09 Å². The van der Waals surface area contributed by atoms with Gasteiger partial charge in [-0.25, -0.2) is 4.79 Å².